The number of ether oxygens (including phenoxy) is 1. The summed E-state index contributed by atoms with van der Waals surface area (Å²) in [5.74, 6) is 0.281. The molecule has 1 saturated carbocycles. The van der Waals surface area contributed by atoms with E-state index in [1.54, 1.807) is 0 Å². The van der Waals surface area contributed by atoms with E-state index in [4.69, 9.17) is 4.74 Å². The fraction of sp³-hybridized carbons (Fsp3) is 0.600. The number of hydrogen-bond acceptors (Lipinski definition) is 4. The van der Waals surface area contributed by atoms with E-state index >= 15 is 0 Å². The van der Waals surface area contributed by atoms with Crippen molar-refractivity contribution in [2.75, 3.05) is 37.7 Å². The van der Waals surface area contributed by atoms with Gasteiger partial charge in [-0.1, -0.05) is 31.4 Å². The molecule has 1 aromatic carbocycles. The molecule has 3 rings (SSSR count). The molecular weight excluding hydrogens is 316 g/mol. The van der Waals surface area contributed by atoms with Gasteiger partial charge in [-0.25, -0.2) is 4.79 Å². The molecule has 1 heterocycles. The van der Waals surface area contributed by atoms with Crippen LogP contribution in [-0.2, 0) is 9.53 Å². The number of piperazine rings is 1. The molecule has 2 fully saturated rings. The zero-order valence-electron chi connectivity index (χ0n) is 15.1. The second-order valence-electron chi connectivity index (χ2n) is 6.88. The Balaban J connectivity index is 1.62. The molecule has 0 unspecified atom stereocenters. The van der Waals surface area contributed by atoms with Crippen LogP contribution >= 0.6 is 0 Å². The van der Waals surface area contributed by atoms with Crippen LogP contribution in [0.1, 0.15) is 49.4 Å². The minimum atomic E-state index is -0.279. The van der Waals surface area contributed by atoms with Gasteiger partial charge in [0.1, 0.15) is 0 Å². The van der Waals surface area contributed by atoms with Crippen molar-refractivity contribution in [1.29, 1.82) is 0 Å². The Morgan fingerprint density at radius 1 is 1.04 bits per heavy atom. The first-order chi connectivity index (χ1) is 12.2. The van der Waals surface area contributed by atoms with E-state index in [2.05, 4.69) is 4.90 Å². The Labute approximate surface area is 149 Å². The minimum Gasteiger partial charge on any atom is -0.462 e. The molecule has 0 atom stereocenters. The number of amides is 1. The molecule has 5 heteroatoms. The van der Waals surface area contributed by atoms with Crippen LogP contribution in [0.5, 0.6) is 0 Å². The maximum Gasteiger partial charge on any atom is 0.340 e. The third kappa shape index (κ3) is 4.14. The maximum atomic E-state index is 12.7. The Kier molecular flexibility index (Phi) is 5.95. The van der Waals surface area contributed by atoms with Crippen molar-refractivity contribution in [3.8, 4) is 0 Å². The van der Waals surface area contributed by atoms with Gasteiger partial charge in [-0.15, -0.1) is 0 Å². The highest BCUT2D eigenvalue weighted by Crippen LogP contribution is 2.27. The molecule has 0 spiro atoms. The standard InChI is InChI=1S/C20H28N2O3/c1-2-25-20(24)17-10-6-7-11-18(17)21-12-14-22(15-13-21)19(23)16-8-4-3-5-9-16/h6-7,10-11,16H,2-5,8-9,12-15H2,1H3. The van der Waals surface area contributed by atoms with Crippen LogP contribution in [0.2, 0.25) is 0 Å². The zero-order valence-corrected chi connectivity index (χ0v) is 15.1. The van der Waals surface area contributed by atoms with E-state index in [-0.39, 0.29) is 11.9 Å². The van der Waals surface area contributed by atoms with Gasteiger partial charge >= 0.3 is 5.97 Å². The number of para-hydroxylation sites is 1. The summed E-state index contributed by atoms with van der Waals surface area (Å²) in [5, 5.41) is 0. The lowest BCUT2D eigenvalue weighted by atomic mass is 9.88. The number of rotatable bonds is 4. The Hall–Kier alpha value is -2.04. The summed E-state index contributed by atoms with van der Waals surface area (Å²) in [7, 11) is 0. The summed E-state index contributed by atoms with van der Waals surface area (Å²) >= 11 is 0. The molecule has 0 N–H and O–H groups in total. The van der Waals surface area contributed by atoms with Crippen molar-refractivity contribution in [2.45, 2.75) is 39.0 Å². The maximum absolute atomic E-state index is 12.7. The third-order valence-electron chi connectivity index (χ3n) is 5.29. The summed E-state index contributed by atoms with van der Waals surface area (Å²) in [6, 6.07) is 7.58. The molecule has 25 heavy (non-hydrogen) atoms. The average molecular weight is 344 g/mol. The molecule has 1 aromatic rings. The molecule has 1 saturated heterocycles. The van der Waals surface area contributed by atoms with Gasteiger partial charge in [0.05, 0.1) is 17.9 Å². The van der Waals surface area contributed by atoms with Gasteiger partial charge in [0.2, 0.25) is 5.91 Å². The predicted molar refractivity (Wildman–Crippen MR) is 97.8 cm³/mol. The van der Waals surface area contributed by atoms with E-state index in [0.717, 1.165) is 44.7 Å². The highest BCUT2D eigenvalue weighted by atomic mass is 16.5. The van der Waals surface area contributed by atoms with E-state index in [1.807, 2.05) is 36.1 Å². The first kappa shape index (κ1) is 17.8. The average Bonchev–Trinajstić information content (AvgIpc) is 2.68. The second-order valence-corrected chi connectivity index (χ2v) is 6.88. The van der Waals surface area contributed by atoms with E-state index in [1.165, 1.54) is 19.3 Å². The number of esters is 1. The highest BCUT2D eigenvalue weighted by molar-refractivity contribution is 5.96. The lowest BCUT2D eigenvalue weighted by molar-refractivity contribution is -0.136. The monoisotopic (exact) mass is 344 g/mol. The molecular formula is C20H28N2O3. The molecule has 0 aromatic heterocycles. The van der Waals surface area contributed by atoms with Gasteiger partial charge in [-0.2, -0.15) is 0 Å². The number of carbonyl (C=O) groups excluding carboxylic acids is 2. The van der Waals surface area contributed by atoms with Crippen LogP contribution < -0.4 is 4.90 Å². The fourth-order valence-corrected chi connectivity index (χ4v) is 3.91. The number of nitrogens with zero attached hydrogens (tertiary/aromatic N) is 2. The van der Waals surface area contributed by atoms with Crippen molar-refractivity contribution < 1.29 is 14.3 Å². The molecule has 5 nitrogen and oxygen atoms in total. The largest absolute Gasteiger partial charge is 0.462 e. The van der Waals surface area contributed by atoms with Crippen molar-refractivity contribution in [2.24, 2.45) is 5.92 Å². The van der Waals surface area contributed by atoms with Gasteiger partial charge < -0.3 is 14.5 Å². The molecule has 0 bridgehead atoms. The van der Waals surface area contributed by atoms with Gasteiger partial charge in [-0.05, 0) is 31.9 Å². The normalized spacial score (nSPS) is 18.9. The van der Waals surface area contributed by atoms with Gasteiger partial charge in [0, 0.05) is 32.1 Å². The molecule has 1 aliphatic carbocycles. The lowest BCUT2D eigenvalue weighted by Crippen LogP contribution is -2.50. The van der Waals surface area contributed by atoms with Crippen molar-refractivity contribution >= 4 is 17.6 Å². The molecule has 0 radical (unpaired) electrons. The van der Waals surface area contributed by atoms with Crippen molar-refractivity contribution in [3.63, 3.8) is 0 Å². The van der Waals surface area contributed by atoms with Gasteiger partial charge in [-0.3, -0.25) is 4.79 Å². The Morgan fingerprint density at radius 2 is 1.72 bits per heavy atom. The molecule has 2 aliphatic rings. The van der Waals surface area contributed by atoms with Crippen LogP contribution in [0, 0.1) is 5.92 Å². The summed E-state index contributed by atoms with van der Waals surface area (Å²) in [6.45, 7) is 5.16. The van der Waals surface area contributed by atoms with E-state index in [9.17, 15) is 9.59 Å². The van der Waals surface area contributed by atoms with Gasteiger partial charge in [0.15, 0.2) is 0 Å². The van der Waals surface area contributed by atoms with Crippen LogP contribution in [0.15, 0.2) is 24.3 Å². The van der Waals surface area contributed by atoms with Crippen LogP contribution in [-0.4, -0.2) is 49.6 Å². The minimum absolute atomic E-state index is 0.229. The van der Waals surface area contributed by atoms with Crippen LogP contribution in [0.4, 0.5) is 5.69 Å². The predicted octanol–water partition coefficient (Wildman–Crippen LogP) is 3.09. The highest BCUT2D eigenvalue weighted by Gasteiger charge is 2.29. The van der Waals surface area contributed by atoms with Crippen LogP contribution in [0.25, 0.3) is 0 Å². The number of carbonyl (C=O) groups is 2. The smallest absolute Gasteiger partial charge is 0.340 e. The molecule has 136 valence electrons. The number of hydrogen-bond donors (Lipinski definition) is 0. The topological polar surface area (TPSA) is 49.9 Å². The van der Waals surface area contributed by atoms with Gasteiger partial charge in [0.25, 0.3) is 0 Å². The quantitative estimate of drug-likeness (QED) is 0.788. The van der Waals surface area contributed by atoms with E-state index in [0.29, 0.717) is 18.1 Å². The zero-order chi connectivity index (χ0) is 17.6. The second kappa shape index (κ2) is 8.37. The Bertz CT molecular complexity index is 603. The summed E-state index contributed by atoms with van der Waals surface area (Å²) in [4.78, 5) is 29.1. The summed E-state index contributed by atoms with van der Waals surface area (Å²) in [6.07, 6.45) is 5.73. The first-order valence-electron chi connectivity index (χ1n) is 9.50. The SMILES string of the molecule is CCOC(=O)c1ccccc1N1CCN(C(=O)C2CCCCC2)CC1. The summed E-state index contributed by atoms with van der Waals surface area (Å²) < 4.78 is 5.17. The third-order valence-corrected chi connectivity index (χ3v) is 5.29. The molecule has 1 amide bonds. The first-order valence-corrected chi connectivity index (χ1v) is 9.50. The fourth-order valence-electron chi connectivity index (χ4n) is 3.91. The lowest BCUT2D eigenvalue weighted by Gasteiger charge is -2.38. The van der Waals surface area contributed by atoms with E-state index < -0.39 is 0 Å². The van der Waals surface area contributed by atoms with Crippen molar-refractivity contribution in [3.05, 3.63) is 29.8 Å². The molecule has 1 aliphatic heterocycles. The Morgan fingerprint density at radius 3 is 2.40 bits per heavy atom. The van der Waals surface area contributed by atoms with Crippen molar-refractivity contribution in [1.82, 2.24) is 4.90 Å². The van der Waals surface area contributed by atoms with Crippen LogP contribution in [0.3, 0.4) is 0 Å². The number of benzene rings is 1. The number of anilines is 1. The summed E-state index contributed by atoms with van der Waals surface area (Å²) in [5.41, 5.74) is 1.52.